The summed E-state index contributed by atoms with van der Waals surface area (Å²) in [6.07, 6.45) is 0. The van der Waals surface area contributed by atoms with Crippen molar-refractivity contribution in [1.82, 2.24) is 20.2 Å². The molecule has 3 aromatic heterocycles. The molecule has 1 N–H and O–H groups in total. The summed E-state index contributed by atoms with van der Waals surface area (Å²) in [7, 11) is 0. The third kappa shape index (κ3) is 3.82. The molecule has 0 aromatic carbocycles. The number of carbonyl (C=O) groups is 1. The van der Waals surface area contributed by atoms with Gasteiger partial charge in [0.2, 0.25) is 0 Å². The maximum Gasteiger partial charge on any atom is 0.261 e. The minimum absolute atomic E-state index is 0.0348. The van der Waals surface area contributed by atoms with Gasteiger partial charge in [0.15, 0.2) is 0 Å². The highest BCUT2D eigenvalue weighted by Crippen LogP contribution is 2.31. The maximum atomic E-state index is 13.0. The summed E-state index contributed by atoms with van der Waals surface area (Å²) >= 11 is 3.18. The number of nitrogens with one attached hydrogen (secondary N) is 1. The average molecular weight is 417 g/mol. The van der Waals surface area contributed by atoms with Crippen LogP contribution in [0.15, 0.2) is 17.5 Å². The van der Waals surface area contributed by atoms with E-state index < -0.39 is 0 Å². The van der Waals surface area contributed by atoms with Gasteiger partial charge in [-0.15, -0.1) is 22.7 Å². The Morgan fingerprint density at radius 2 is 2.07 bits per heavy atom. The van der Waals surface area contributed by atoms with Crippen molar-refractivity contribution in [3.05, 3.63) is 44.3 Å². The SMILES string of the molecule is Cc1nc(C)c2c(C)c(C(=O)NC[C@H](c3cccs3)N3CCOCC3)sc2n1. The van der Waals surface area contributed by atoms with E-state index in [0.717, 1.165) is 58.5 Å². The summed E-state index contributed by atoms with van der Waals surface area (Å²) in [5.41, 5.74) is 1.90. The number of hydrogen-bond donors (Lipinski definition) is 1. The molecule has 0 saturated carbocycles. The van der Waals surface area contributed by atoms with E-state index in [-0.39, 0.29) is 11.9 Å². The number of ether oxygens (including phenoxy) is 1. The number of rotatable bonds is 5. The topological polar surface area (TPSA) is 67.4 Å². The van der Waals surface area contributed by atoms with E-state index in [1.54, 1.807) is 11.3 Å². The van der Waals surface area contributed by atoms with Crippen molar-refractivity contribution in [2.75, 3.05) is 32.8 Å². The lowest BCUT2D eigenvalue weighted by Gasteiger charge is -2.34. The van der Waals surface area contributed by atoms with Gasteiger partial charge in [-0.05, 0) is 37.8 Å². The van der Waals surface area contributed by atoms with Crippen LogP contribution in [0, 0.1) is 20.8 Å². The highest BCUT2D eigenvalue weighted by Gasteiger charge is 2.25. The monoisotopic (exact) mass is 416 g/mol. The number of amides is 1. The van der Waals surface area contributed by atoms with Crippen molar-refractivity contribution in [2.45, 2.75) is 26.8 Å². The van der Waals surface area contributed by atoms with Gasteiger partial charge in [-0.1, -0.05) is 6.07 Å². The molecule has 4 heterocycles. The number of hydrogen-bond acceptors (Lipinski definition) is 7. The summed E-state index contributed by atoms with van der Waals surface area (Å²) in [6.45, 7) is 9.67. The first-order chi connectivity index (χ1) is 13.5. The normalized spacial score (nSPS) is 16.4. The molecule has 0 bridgehead atoms. The lowest BCUT2D eigenvalue weighted by molar-refractivity contribution is 0.0169. The number of nitrogens with zero attached hydrogens (tertiary/aromatic N) is 3. The standard InChI is InChI=1S/C20H24N4O2S2/c1-12-17-13(2)22-14(3)23-20(17)28-18(12)19(25)21-11-15(16-5-4-10-27-16)24-6-8-26-9-7-24/h4-5,10,15H,6-9,11H2,1-3H3,(H,21,25)/t15-/m1/s1. The van der Waals surface area contributed by atoms with E-state index >= 15 is 0 Å². The molecule has 0 spiro atoms. The van der Waals surface area contributed by atoms with Crippen LogP contribution in [0.5, 0.6) is 0 Å². The Kier molecular flexibility index (Phi) is 5.73. The van der Waals surface area contributed by atoms with Crippen LogP contribution in [0.3, 0.4) is 0 Å². The van der Waals surface area contributed by atoms with Gasteiger partial charge in [0.1, 0.15) is 10.7 Å². The fourth-order valence-electron chi connectivity index (χ4n) is 3.74. The van der Waals surface area contributed by atoms with Crippen molar-refractivity contribution >= 4 is 38.8 Å². The van der Waals surface area contributed by atoms with Gasteiger partial charge in [0.25, 0.3) is 5.91 Å². The van der Waals surface area contributed by atoms with Crippen LogP contribution >= 0.6 is 22.7 Å². The van der Waals surface area contributed by atoms with Crippen LogP contribution in [0.4, 0.5) is 0 Å². The molecule has 0 aliphatic carbocycles. The number of aryl methyl sites for hydroxylation is 3. The summed E-state index contributed by atoms with van der Waals surface area (Å²) in [4.78, 5) is 27.2. The zero-order chi connectivity index (χ0) is 19.7. The molecule has 1 amide bonds. The molecule has 1 aliphatic heterocycles. The number of morpholine rings is 1. The molecule has 1 atom stereocenters. The van der Waals surface area contributed by atoms with Crippen molar-refractivity contribution < 1.29 is 9.53 Å². The summed E-state index contributed by atoms with van der Waals surface area (Å²) in [5.74, 6) is 0.704. The number of thiophene rings is 2. The second kappa shape index (κ2) is 8.24. The van der Waals surface area contributed by atoms with Crippen LogP contribution in [0.2, 0.25) is 0 Å². The summed E-state index contributed by atoms with van der Waals surface area (Å²) < 4.78 is 5.50. The maximum absolute atomic E-state index is 13.0. The van der Waals surface area contributed by atoms with E-state index in [9.17, 15) is 4.79 Å². The predicted molar refractivity (Wildman–Crippen MR) is 113 cm³/mol. The predicted octanol–water partition coefficient (Wildman–Crippen LogP) is 3.48. The van der Waals surface area contributed by atoms with Gasteiger partial charge >= 0.3 is 0 Å². The molecule has 1 saturated heterocycles. The first kappa shape index (κ1) is 19.4. The number of aromatic nitrogens is 2. The average Bonchev–Trinajstić information content (AvgIpc) is 3.31. The fourth-order valence-corrected chi connectivity index (χ4v) is 5.79. The van der Waals surface area contributed by atoms with Crippen molar-refractivity contribution in [3.63, 3.8) is 0 Å². The second-order valence-electron chi connectivity index (χ2n) is 6.98. The minimum atomic E-state index is -0.0348. The van der Waals surface area contributed by atoms with Crippen LogP contribution in [0.25, 0.3) is 10.2 Å². The Hall–Kier alpha value is -1.87. The molecular weight excluding hydrogens is 392 g/mol. The molecule has 0 radical (unpaired) electrons. The molecule has 4 rings (SSSR count). The molecule has 28 heavy (non-hydrogen) atoms. The molecule has 1 fully saturated rings. The molecule has 6 nitrogen and oxygen atoms in total. The largest absolute Gasteiger partial charge is 0.379 e. The Morgan fingerprint density at radius 3 is 2.79 bits per heavy atom. The molecule has 0 unspecified atom stereocenters. The van der Waals surface area contributed by atoms with Gasteiger partial charge in [0.05, 0.1) is 24.1 Å². The molecule has 3 aromatic rings. The van der Waals surface area contributed by atoms with E-state index in [0.29, 0.717) is 6.54 Å². The van der Waals surface area contributed by atoms with E-state index in [4.69, 9.17) is 4.74 Å². The molecule has 1 aliphatic rings. The van der Waals surface area contributed by atoms with Gasteiger partial charge in [-0.2, -0.15) is 0 Å². The number of carbonyl (C=O) groups excluding carboxylic acids is 1. The van der Waals surface area contributed by atoms with E-state index in [2.05, 4.69) is 37.7 Å². The van der Waals surface area contributed by atoms with E-state index in [1.165, 1.54) is 16.2 Å². The highest BCUT2D eigenvalue weighted by atomic mass is 32.1. The molecule has 148 valence electrons. The quantitative estimate of drug-likeness (QED) is 0.690. The zero-order valence-corrected chi connectivity index (χ0v) is 18.0. The zero-order valence-electron chi connectivity index (χ0n) is 16.3. The van der Waals surface area contributed by atoms with Gasteiger partial charge in [0, 0.05) is 35.6 Å². The lowest BCUT2D eigenvalue weighted by atomic mass is 10.1. The number of fused-ring (bicyclic) bond motifs is 1. The van der Waals surface area contributed by atoms with Crippen molar-refractivity contribution in [2.24, 2.45) is 0 Å². The Labute approximate surface area is 172 Å². The highest BCUT2D eigenvalue weighted by molar-refractivity contribution is 7.20. The lowest BCUT2D eigenvalue weighted by Crippen LogP contribution is -2.43. The Balaban J connectivity index is 1.55. The van der Waals surface area contributed by atoms with Crippen LogP contribution in [-0.4, -0.2) is 53.6 Å². The van der Waals surface area contributed by atoms with Gasteiger partial charge in [-0.3, -0.25) is 9.69 Å². The third-order valence-electron chi connectivity index (χ3n) is 5.10. The van der Waals surface area contributed by atoms with Gasteiger partial charge < -0.3 is 10.1 Å². The fraction of sp³-hybridized carbons (Fsp3) is 0.450. The van der Waals surface area contributed by atoms with E-state index in [1.807, 2.05) is 20.8 Å². The second-order valence-corrected chi connectivity index (χ2v) is 8.96. The van der Waals surface area contributed by atoms with Crippen molar-refractivity contribution in [1.29, 1.82) is 0 Å². The smallest absolute Gasteiger partial charge is 0.261 e. The summed E-state index contributed by atoms with van der Waals surface area (Å²) in [5, 5.41) is 6.26. The molecular formula is C20H24N4O2S2. The Morgan fingerprint density at radius 1 is 1.29 bits per heavy atom. The molecule has 8 heteroatoms. The minimum Gasteiger partial charge on any atom is -0.379 e. The van der Waals surface area contributed by atoms with Crippen LogP contribution in [0.1, 0.15) is 37.7 Å². The van der Waals surface area contributed by atoms with Gasteiger partial charge in [-0.25, -0.2) is 9.97 Å². The van der Waals surface area contributed by atoms with Crippen LogP contribution < -0.4 is 5.32 Å². The summed E-state index contributed by atoms with van der Waals surface area (Å²) in [6, 6.07) is 4.38. The van der Waals surface area contributed by atoms with Crippen molar-refractivity contribution in [3.8, 4) is 0 Å². The first-order valence-corrected chi connectivity index (χ1v) is 11.1. The Bertz CT molecular complexity index is 978. The van der Waals surface area contributed by atoms with Crippen LogP contribution in [-0.2, 0) is 4.74 Å². The third-order valence-corrected chi connectivity index (χ3v) is 7.26. The first-order valence-electron chi connectivity index (χ1n) is 9.42.